The summed E-state index contributed by atoms with van der Waals surface area (Å²) in [4.78, 5) is 28.6. The van der Waals surface area contributed by atoms with Crippen LogP contribution in [0.2, 0.25) is 0 Å². The predicted molar refractivity (Wildman–Crippen MR) is 152 cm³/mol. The molecule has 1 saturated heterocycles. The van der Waals surface area contributed by atoms with E-state index in [2.05, 4.69) is 30.4 Å². The maximum absolute atomic E-state index is 13.8. The normalized spacial score (nSPS) is 17.1. The Morgan fingerprint density at radius 1 is 1.08 bits per heavy atom. The van der Waals surface area contributed by atoms with E-state index in [-0.39, 0.29) is 17.5 Å². The van der Waals surface area contributed by atoms with Crippen LogP contribution in [0.5, 0.6) is 5.75 Å². The number of anilines is 1. The average Bonchev–Trinajstić information content (AvgIpc) is 3.23. The highest BCUT2D eigenvalue weighted by atomic mass is 32.2. The van der Waals surface area contributed by atoms with Crippen molar-refractivity contribution in [3.8, 4) is 11.8 Å². The van der Waals surface area contributed by atoms with Gasteiger partial charge in [0.05, 0.1) is 17.9 Å². The highest BCUT2D eigenvalue weighted by Gasteiger charge is 2.41. The van der Waals surface area contributed by atoms with E-state index < -0.39 is 11.2 Å². The van der Waals surface area contributed by atoms with Crippen LogP contribution in [-0.4, -0.2) is 23.7 Å². The Labute approximate surface area is 228 Å². The number of nitriles is 1. The SMILES string of the molecule is CCOc1ccc(N2C(=O)C(Cc3ccc(C)c(C)c3)S/C2=C(/C#N)C(=O)NC(C)c2ccccc2)cc1. The Hall–Kier alpha value is -4.02. The van der Waals surface area contributed by atoms with E-state index in [1.807, 2.05) is 57.2 Å². The van der Waals surface area contributed by atoms with E-state index in [1.54, 1.807) is 24.3 Å². The van der Waals surface area contributed by atoms with Gasteiger partial charge in [-0.2, -0.15) is 5.26 Å². The van der Waals surface area contributed by atoms with Crippen LogP contribution >= 0.6 is 11.8 Å². The summed E-state index contributed by atoms with van der Waals surface area (Å²) in [6.45, 7) is 8.40. The van der Waals surface area contributed by atoms with Gasteiger partial charge in [0.1, 0.15) is 22.4 Å². The lowest BCUT2D eigenvalue weighted by Gasteiger charge is -2.20. The van der Waals surface area contributed by atoms with Crippen molar-refractivity contribution in [2.24, 2.45) is 0 Å². The number of ether oxygens (including phenoxy) is 1. The van der Waals surface area contributed by atoms with Crippen LogP contribution < -0.4 is 15.0 Å². The molecule has 1 heterocycles. The zero-order chi connectivity index (χ0) is 27.2. The lowest BCUT2D eigenvalue weighted by atomic mass is 10.0. The summed E-state index contributed by atoms with van der Waals surface area (Å²) in [7, 11) is 0. The number of rotatable bonds is 8. The number of hydrogen-bond donors (Lipinski definition) is 1. The molecule has 1 N–H and O–H groups in total. The lowest BCUT2D eigenvalue weighted by molar-refractivity contribution is -0.117. The van der Waals surface area contributed by atoms with Gasteiger partial charge in [0.15, 0.2) is 0 Å². The summed E-state index contributed by atoms with van der Waals surface area (Å²) >= 11 is 1.27. The third kappa shape index (κ3) is 5.92. The molecular weight excluding hydrogens is 494 g/mol. The van der Waals surface area contributed by atoms with Crippen molar-refractivity contribution >= 4 is 29.3 Å². The van der Waals surface area contributed by atoms with E-state index in [1.165, 1.54) is 22.2 Å². The van der Waals surface area contributed by atoms with Gasteiger partial charge < -0.3 is 10.1 Å². The predicted octanol–water partition coefficient (Wildman–Crippen LogP) is 6.01. The molecule has 2 amide bonds. The molecule has 0 bridgehead atoms. The number of nitrogens with one attached hydrogen (secondary N) is 1. The minimum atomic E-state index is -0.512. The van der Waals surface area contributed by atoms with Crippen molar-refractivity contribution in [3.63, 3.8) is 0 Å². The summed E-state index contributed by atoms with van der Waals surface area (Å²) < 4.78 is 5.55. The quantitative estimate of drug-likeness (QED) is 0.288. The van der Waals surface area contributed by atoms with Crippen molar-refractivity contribution in [3.05, 3.63) is 106 Å². The molecule has 38 heavy (non-hydrogen) atoms. The smallest absolute Gasteiger partial charge is 0.265 e. The Morgan fingerprint density at radius 3 is 2.42 bits per heavy atom. The Morgan fingerprint density at radius 2 is 1.79 bits per heavy atom. The largest absolute Gasteiger partial charge is 0.494 e. The van der Waals surface area contributed by atoms with Gasteiger partial charge in [-0.3, -0.25) is 14.5 Å². The Kier molecular flexibility index (Phi) is 8.55. The van der Waals surface area contributed by atoms with Crippen LogP contribution in [0.3, 0.4) is 0 Å². The Bertz CT molecular complexity index is 1390. The van der Waals surface area contributed by atoms with E-state index in [0.717, 1.165) is 16.7 Å². The highest BCUT2D eigenvalue weighted by molar-refractivity contribution is 8.05. The number of benzene rings is 3. The minimum absolute atomic E-state index is 0.0809. The van der Waals surface area contributed by atoms with Gasteiger partial charge in [-0.1, -0.05) is 60.3 Å². The molecular formula is C31H31N3O3S. The second-order valence-corrected chi connectivity index (χ2v) is 10.4. The molecule has 6 nitrogen and oxygen atoms in total. The molecule has 1 fully saturated rings. The van der Waals surface area contributed by atoms with Crippen molar-refractivity contribution in [2.75, 3.05) is 11.5 Å². The topological polar surface area (TPSA) is 82.4 Å². The van der Waals surface area contributed by atoms with Crippen LogP contribution in [-0.2, 0) is 16.0 Å². The van der Waals surface area contributed by atoms with Gasteiger partial charge in [0.25, 0.3) is 5.91 Å². The zero-order valence-corrected chi connectivity index (χ0v) is 22.8. The Balaban J connectivity index is 1.70. The maximum Gasteiger partial charge on any atom is 0.265 e. The fraction of sp³-hybridized carbons (Fsp3) is 0.258. The van der Waals surface area contributed by atoms with Gasteiger partial charge in [-0.25, -0.2) is 0 Å². The molecule has 0 spiro atoms. The molecule has 0 aromatic heterocycles. The number of aryl methyl sites for hydroxylation is 2. The first-order valence-corrected chi connectivity index (χ1v) is 13.5. The third-order valence-corrected chi connectivity index (χ3v) is 7.81. The van der Waals surface area contributed by atoms with Crippen LogP contribution in [0, 0.1) is 25.2 Å². The summed E-state index contributed by atoms with van der Waals surface area (Å²) in [5.41, 5.74) is 4.81. The summed E-state index contributed by atoms with van der Waals surface area (Å²) in [6.07, 6.45) is 0.488. The van der Waals surface area contributed by atoms with Gasteiger partial charge in [-0.05, 0) is 80.6 Å². The molecule has 3 aromatic rings. The molecule has 0 aliphatic carbocycles. The second-order valence-electron chi connectivity index (χ2n) is 9.23. The number of nitrogens with zero attached hydrogens (tertiary/aromatic N) is 2. The maximum atomic E-state index is 13.8. The van der Waals surface area contributed by atoms with Gasteiger partial charge >= 0.3 is 0 Å². The average molecular weight is 526 g/mol. The molecule has 1 aliphatic heterocycles. The molecule has 3 aromatic carbocycles. The van der Waals surface area contributed by atoms with Crippen molar-refractivity contribution in [1.29, 1.82) is 5.26 Å². The molecule has 2 atom stereocenters. The number of amides is 2. The highest BCUT2D eigenvalue weighted by Crippen LogP contribution is 2.42. The fourth-order valence-electron chi connectivity index (χ4n) is 4.32. The van der Waals surface area contributed by atoms with E-state index in [9.17, 15) is 14.9 Å². The molecule has 7 heteroatoms. The number of thioether (sulfide) groups is 1. The number of carbonyl (C=O) groups excluding carboxylic acids is 2. The number of carbonyl (C=O) groups is 2. The monoisotopic (exact) mass is 525 g/mol. The standard InChI is InChI=1S/C31H31N3O3S/c1-5-37-26-15-13-25(14-16-26)34-30(36)28(18-23-12-11-20(2)21(3)17-23)38-31(34)27(19-32)29(35)33-22(4)24-9-7-6-8-10-24/h6-17,22,28H,5,18H2,1-4H3,(H,33,35)/b31-27-. The second kappa shape index (κ2) is 12.0. The van der Waals surface area contributed by atoms with Crippen LogP contribution in [0.4, 0.5) is 5.69 Å². The van der Waals surface area contributed by atoms with Crippen LogP contribution in [0.25, 0.3) is 0 Å². The first kappa shape index (κ1) is 27.0. The molecule has 0 radical (unpaired) electrons. The number of hydrogen-bond acceptors (Lipinski definition) is 5. The summed E-state index contributed by atoms with van der Waals surface area (Å²) in [5, 5.41) is 12.9. The van der Waals surface area contributed by atoms with E-state index in [4.69, 9.17) is 4.74 Å². The summed E-state index contributed by atoms with van der Waals surface area (Å²) in [5.74, 6) is 0.00802. The fourth-order valence-corrected chi connectivity index (χ4v) is 5.63. The van der Waals surface area contributed by atoms with E-state index in [0.29, 0.717) is 29.5 Å². The van der Waals surface area contributed by atoms with Gasteiger partial charge in [0.2, 0.25) is 5.91 Å². The molecule has 0 saturated carbocycles. The van der Waals surface area contributed by atoms with Crippen molar-refractivity contribution in [2.45, 2.75) is 45.4 Å². The van der Waals surface area contributed by atoms with E-state index >= 15 is 0 Å². The zero-order valence-electron chi connectivity index (χ0n) is 22.0. The molecule has 1 aliphatic rings. The molecule has 2 unspecified atom stereocenters. The van der Waals surface area contributed by atoms with Gasteiger partial charge in [0, 0.05) is 5.69 Å². The lowest BCUT2D eigenvalue weighted by Crippen LogP contribution is -2.32. The first-order valence-electron chi connectivity index (χ1n) is 12.6. The van der Waals surface area contributed by atoms with Crippen molar-refractivity contribution in [1.82, 2.24) is 5.32 Å². The van der Waals surface area contributed by atoms with Crippen molar-refractivity contribution < 1.29 is 14.3 Å². The van der Waals surface area contributed by atoms with Crippen LogP contribution in [0.1, 0.15) is 42.1 Å². The molecule has 194 valence electrons. The van der Waals surface area contributed by atoms with Crippen LogP contribution in [0.15, 0.2) is 83.4 Å². The minimum Gasteiger partial charge on any atom is -0.494 e. The third-order valence-electron chi connectivity index (χ3n) is 6.55. The summed E-state index contributed by atoms with van der Waals surface area (Å²) in [6, 6.07) is 24.6. The first-order chi connectivity index (χ1) is 18.3. The van der Waals surface area contributed by atoms with Gasteiger partial charge in [-0.15, -0.1) is 0 Å². The molecule has 4 rings (SSSR count).